The fourth-order valence-electron chi connectivity index (χ4n) is 1.58. The van der Waals surface area contributed by atoms with E-state index in [1.165, 1.54) is 6.07 Å². The van der Waals surface area contributed by atoms with Crippen LogP contribution in [0.25, 0.3) is 0 Å². The zero-order valence-electron chi connectivity index (χ0n) is 10.5. The molecule has 4 nitrogen and oxygen atoms in total. The minimum absolute atomic E-state index is 0.0240. The molecule has 104 valence electrons. The van der Waals surface area contributed by atoms with Gasteiger partial charge in [0.15, 0.2) is 5.75 Å². The lowest BCUT2D eigenvalue weighted by Crippen LogP contribution is -2.02. The smallest absolute Gasteiger partial charge is 0.312 e. The van der Waals surface area contributed by atoms with Crippen LogP contribution in [0.15, 0.2) is 57.9 Å². The Hall–Kier alpha value is -1.53. The van der Waals surface area contributed by atoms with Gasteiger partial charge in [-0.2, -0.15) is 0 Å². The van der Waals surface area contributed by atoms with Crippen molar-refractivity contribution in [1.29, 1.82) is 0 Å². The first kappa shape index (κ1) is 14.9. The maximum atomic E-state index is 10.9. The largest absolute Gasteiger partial charge is 0.486 e. The lowest BCUT2D eigenvalue weighted by Gasteiger charge is -2.07. The van der Waals surface area contributed by atoms with E-state index in [4.69, 9.17) is 4.74 Å². The van der Waals surface area contributed by atoms with E-state index >= 15 is 0 Å². The van der Waals surface area contributed by atoms with Gasteiger partial charge in [0.1, 0.15) is 0 Å². The molecule has 2 rings (SSSR count). The summed E-state index contributed by atoms with van der Waals surface area (Å²) in [5.41, 5.74) is -0.0240. The van der Waals surface area contributed by atoms with E-state index in [1.807, 2.05) is 30.3 Å². The monoisotopic (exact) mass is 353 g/mol. The van der Waals surface area contributed by atoms with Gasteiger partial charge in [0.2, 0.25) is 0 Å². The van der Waals surface area contributed by atoms with E-state index < -0.39 is 4.92 Å². The summed E-state index contributed by atoms with van der Waals surface area (Å²) in [6.45, 7) is 0.419. The third-order valence-electron chi connectivity index (χ3n) is 2.47. The molecule has 0 aliphatic carbocycles. The predicted octanol–water partition coefficient (Wildman–Crippen LogP) is 4.53. The lowest BCUT2D eigenvalue weighted by atomic mass is 10.3. The Balaban J connectivity index is 1.90. The van der Waals surface area contributed by atoms with Crippen LogP contribution in [0.3, 0.4) is 0 Å². The van der Waals surface area contributed by atoms with E-state index in [0.717, 1.165) is 10.6 Å². The molecule has 2 aromatic carbocycles. The van der Waals surface area contributed by atoms with Gasteiger partial charge in [-0.15, -0.1) is 11.8 Å². The summed E-state index contributed by atoms with van der Waals surface area (Å²) in [7, 11) is 0. The number of halogens is 1. The fourth-order valence-corrected chi connectivity index (χ4v) is 2.68. The molecular formula is C14H12BrNO3S. The highest BCUT2D eigenvalue weighted by Crippen LogP contribution is 2.30. The molecule has 0 amide bonds. The van der Waals surface area contributed by atoms with E-state index in [-0.39, 0.29) is 5.69 Å². The summed E-state index contributed by atoms with van der Waals surface area (Å²) < 4.78 is 6.15. The first-order valence-electron chi connectivity index (χ1n) is 5.91. The van der Waals surface area contributed by atoms with Crippen molar-refractivity contribution in [2.45, 2.75) is 4.90 Å². The average Bonchev–Trinajstić information content (AvgIpc) is 2.45. The molecule has 2 aromatic rings. The van der Waals surface area contributed by atoms with Crippen LogP contribution in [0.4, 0.5) is 5.69 Å². The van der Waals surface area contributed by atoms with Gasteiger partial charge in [0.05, 0.1) is 11.5 Å². The molecule has 0 aliphatic rings. The molecule has 0 unspecified atom stereocenters. The minimum Gasteiger partial charge on any atom is -0.486 e. The Bertz CT molecular complexity index is 592. The molecule has 0 spiro atoms. The van der Waals surface area contributed by atoms with Crippen molar-refractivity contribution >= 4 is 33.4 Å². The van der Waals surface area contributed by atoms with Crippen LogP contribution in [0.5, 0.6) is 5.75 Å². The molecule has 0 aromatic heterocycles. The molecule has 0 heterocycles. The molecule has 0 fully saturated rings. The van der Waals surface area contributed by atoms with Crippen molar-refractivity contribution in [2.75, 3.05) is 12.4 Å². The predicted molar refractivity (Wildman–Crippen MR) is 83.5 cm³/mol. The summed E-state index contributed by atoms with van der Waals surface area (Å²) in [4.78, 5) is 11.6. The maximum Gasteiger partial charge on any atom is 0.312 e. The van der Waals surface area contributed by atoms with Crippen LogP contribution >= 0.6 is 27.7 Å². The zero-order valence-corrected chi connectivity index (χ0v) is 12.9. The summed E-state index contributed by atoms with van der Waals surface area (Å²) in [6.07, 6.45) is 0. The number of nitro groups is 1. The van der Waals surface area contributed by atoms with Crippen LogP contribution in [0.2, 0.25) is 0 Å². The molecule has 20 heavy (non-hydrogen) atoms. The van der Waals surface area contributed by atoms with Gasteiger partial charge in [0.25, 0.3) is 0 Å². The van der Waals surface area contributed by atoms with Crippen LogP contribution in [-0.2, 0) is 0 Å². The molecule has 6 heteroatoms. The maximum absolute atomic E-state index is 10.9. The second kappa shape index (κ2) is 7.31. The van der Waals surface area contributed by atoms with E-state index in [9.17, 15) is 10.1 Å². The topological polar surface area (TPSA) is 52.4 Å². The Labute approximate surface area is 129 Å². The molecule has 0 N–H and O–H groups in total. The Kier molecular flexibility index (Phi) is 5.43. The van der Waals surface area contributed by atoms with Gasteiger partial charge < -0.3 is 4.74 Å². The van der Waals surface area contributed by atoms with E-state index in [1.54, 1.807) is 23.9 Å². The summed E-state index contributed by atoms with van der Waals surface area (Å²) in [5, 5.41) is 10.9. The number of nitro benzene ring substituents is 1. The summed E-state index contributed by atoms with van der Waals surface area (Å²) in [6, 6.07) is 14.7. The quantitative estimate of drug-likeness (QED) is 0.331. The van der Waals surface area contributed by atoms with Crippen molar-refractivity contribution in [3.05, 3.63) is 63.1 Å². The van der Waals surface area contributed by atoms with Gasteiger partial charge in [-0.3, -0.25) is 10.1 Å². The van der Waals surface area contributed by atoms with Crippen LogP contribution in [0.1, 0.15) is 0 Å². The van der Waals surface area contributed by atoms with Crippen molar-refractivity contribution in [3.8, 4) is 5.75 Å². The van der Waals surface area contributed by atoms with Crippen molar-refractivity contribution in [2.24, 2.45) is 0 Å². The first-order chi connectivity index (χ1) is 9.66. The van der Waals surface area contributed by atoms with Crippen molar-refractivity contribution in [3.63, 3.8) is 0 Å². The van der Waals surface area contributed by atoms with Gasteiger partial charge in [-0.1, -0.05) is 34.1 Å². The second-order valence-electron chi connectivity index (χ2n) is 3.88. The fraction of sp³-hybridized carbons (Fsp3) is 0.143. The molecule has 0 saturated heterocycles. The van der Waals surface area contributed by atoms with Gasteiger partial charge in [-0.05, 0) is 24.3 Å². The molecule has 0 atom stereocenters. The Morgan fingerprint density at radius 3 is 2.65 bits per heavy atom. The number of ether oxygens (including phenoxy) is 1. The minimum atomic E-state index is -0.440. The number of hydrogen-bond donors (Lipinski definition) is 0. The summed E-state index contributed by atoms with van der Waals surface area (Å²) in [5.74, 6) is 1.03. The number of rotatable bonds is 6. The van der Waals surface area contributed by atoms with Gasteiger partial charge in [-0.25, -0.2) is 0 Å². The molecule has 0 radical (unpaired) electrons. The number of thioether (sulfide) groups is 1. The molecule has 0 bridgehead atoms. The Morgan fingerprint density at radius 2 is 1.95 bits per heavy atom. The van der Waals surface area contributed by atoms with Crippen molar-refractivity contribution in [1.82, 2.24) is 0 Å². The average molecular weight is 354 g/mol. The number of hydrogen-bond acceptors (Lipinski definition) is 4. The molecular weight excluding hydrogens is 342 g/mol. The van der Waals surface area contributed by atoms with Crippen LogP contribution in [0, 0.1) is 10.1 Å². The highest BCUT2D eigenvalue weighted by molar-refractivity contribution is 9.10. The zero-order chi connectivity index (χ0) is 14.4. The highest BCUT2D eigenvalue weighted by atomic mass is 79.9. The van der Waals surface area contributed by atoms with Crippen LogP contribution < -0.4 is 4.74 Å². The van der Waals surface area contributed by atoms with Crippen LogP contribution in [-0.4, -0.2) is 17.3 Å². The summed E-state index contributed by atoms with van der Waals surface area (Å²) >= 11 is 4.87. The highest BCUT2D eigenvalue weighted by Gasteiger charge is 2.15. The first-order valence-corrected chi connectivity index (χ1v) is 7.69. The van der Waals surface area contributed by atoms with Gasteiger partial charge >= 0.3 is 5.69 Å². The van der Waals surface area contributed by atoms with E-state index in [2.05, 4.69) is 15.9 Å². The molecule has 0 saturated carbocycles. The van der Waals surface area contributed by atoms with Crippen molar-refractivity contribution < 1.29 is 9.66 Å². The third-order valence-corrected chi connectivity index (χ3v) is 3.94. The SMILES string of the molecule is O=[N+]([O-])c1cc(Br)ccc1OCCSc1ccccc1. The second-order valence-corrected chi connectivity index (χ2v) is 5.96. The number of benzene rings is 2. The Morgan fingerprint density at radius 1 is 1.20 bits per heavy atom. The third kappa shape index (κ3) is 4.25. The van der Waals surface area contributed by atoms with E-state index in [0.29, 0.717) is 16.8 Å². The standard InChI is InChI=1S/C14H12BrNO3S/c15-11-6-7-14(13(10-11)16(17)18)19-8-9-20-12-4-2-1-3-5-12/h1-7,10H,8-9H2. The lowest BCUT2D eigenvalue weighted by molar-refractivity contribution is -0.385. The number of nitrogens with zero attached hydrogens (tertiary/aromatic N) is 1. The molecule has 0 aliphatic heterocycles. The normalized spacial score (nSPS) is 10.2. The van der Waals surface area contributed by atoms with Gasteiger partial charge in [0, 0.05) is 21.2 Å².